The first-order valence-electron chi connectivity index (χ1n) is 8.22. The molecular weight excluding hydrogens is 318 g/mol. The second-order valence-electron chi connectivity index (χ2n) is 6.19. The van der Waals surface area contributed by atoms with E-state index in [1.165, 1.54) is 0 Å². The molecule has 0 spiro atoms. The fourth-order valence-corrected chi connectivity index (χ4v) is 2.97. The third kappa shape index (κ3) is 4.05. The van der Waals surface area contributed by atoms with E-state index in [1.54, 1.807) is 6.07 Å². The number of hydrogen-bond donors (Lipinski definition) is 2. The van der Waals surface area contributed by atoms with Crippen molar-refractivity contribution in [3.63, 3.8) is 0 Å². The number of hydrogen-bond acceptors (Lipinski definition) is 5. The number of nitrogens with zero attached hydrogens (tertiary/aromatic N) is 3. The topological polar surface area (TPSA) is 94.0 Å². The Balaban J connectivity index is 1.61. The molecule has 0 aliphatic carbocycles. The lowest BCUT2D eigenvalue weighted by Gasteiger charge is -2.32. The van der Waals surface area contributed by atoms with Crippen LogP contribution in [0.2, 0.25) is 0 Å². The minimum Gasteiger partial charge on any atom is -0.371 e. The number of rotatable bonds is 4. The number of aryl methyl sites for hydroxylation is 2. The lowest BCUT2D eigenvalue weighted by molar-refractivity contribution is -0.119. The van der Waals surface area contributed by atoms with E-state index in [4.69, 9.17) is 10.00 Å². The van der Waals surface area contributed by atoms with Crippen molar-refractivity contribution >= 4 is 11.6 Å². The summed E-state index contributed by atoms with van der Waals surface area (Å²) < 4.78 is 5.82. The lowest BCUT2D eigenvalue weighted by Crippen LogP contribution is -2.42. The Hall–Kier alpha value is -2.69. The molecule has 1 aromatic heterocycles. The second kappa shape index (κ2) is 7.47. The van der Waals surface area contributed by atoms with E-state index in [-0.39, 0.29) is 12.0 Å². The summed E-state index contributed by atoms with van der Waals surface area (Å²) in [6.07, 6.45) is -0.132. The third-order valence-corrected chi connectivity index (χ3v) is 4.30. The van der Waals surface area contributed by atoms with Gasteiger partial charge in [-0.25, -0.2) is 0 Å². The van der Waals surface area contributed by atoms with E-state index in [9.17, 15) is 4.79 Å². The quantitative estimate of drug-likeness (QED) is 0.887. The van der Waals surface area contributed by atoms with Crippen LogP contribution in [-0.2, 0) is 9.53 Å². The van der Waals surface area contributed by atoms with Gasteiger partial charge in [0.2, 0.25) is 5.91 Å². The van der Waals surface area contributed by atoms with Crippen LogP contribution in [0.15, 0.2) is 24.3 Å². The maximum absolute atomic E-state index is 12.3. The summed E-state index contributed by atoms with van der Waals surface area (Å²) in [5, 5.41) is 18.9. The SMILES string of the molecule is Cc1n[nH]c(C)c1NC(=O)CN1CCOC(c2cccc(C#N)c2)C1. The maximum Gasteiger partial charge on any atom is 0.238 e. The standard InChI is InChI=1S/C18H21N5O2/c1-12-18(13(2)22-21-12)20-17(24)11-23-6-7-25-16(10-23)15-5-3-4-14(8-15)9-19/h3-5,8,16H,6-7,10-11H2,1-2H3,(H,20,24)(H,21,22). The molecule has 3 rings (SSSR count). The average Bonchev–Trinajstić information content (AvgIpc) is 2.94. The molecule has 1 saturated heterocycles. The molecule has 1 atom stereocenters. The van der Waals surface area contributed by atoms with E-state index in [1.807, 2.05) is 32.0 Å². The first-order chi connectivity index (χ1) is 12.1. The van der Waals surface area contributed by atoms with Crippen molar-refractivity contribution in [2.75, 3.05) is 31.6 Å². The number of carbonyl (C=O) groups excluding carboxylic acids is 1. The molecule has 7 heteroatoms. The molecule has 1 fully saturated rings. The van der Waals surface area contributed by atoms with Gasteiger partial charge in [-0.2, -0.15) is 10.4 Å². The monoisotopic (exact) mass is 339 g/mol. The molecule has 2 heterocycles. The predicted molar refractivity (Wildman–Crippen MR) is 93.0 cm³/mol. The lowest BCUT2D eigenvalue weighted by atomic mass is 10.0. The molecule has 1 unspecified atom stereocenters. The number of aromatic amines is 1. The molecule has 7 nitrogen and oxygen atoms in total. The molecule has 2 aromatic rings. The number of nitriles is 1. The van der Waals surface area contributed by atoms with Gasteiger partial charge in [0, 0.05) is 13.1 Å². The minimum absolute atomic E-state index is 0.0703. The van der Waals surface area contributed by atoms with E-state index < -0.39 is 0 Å². The zero-order valence-electron chi connectivity index (χ0n) is 14.4. The third-order valence-electron chi connectivity index (χ3n) is 4.30. The van der Waals surface area contributed by atoms with Crippen LogP contribution in [0.3, 0.4) is 0 Å². The number of aromatic nitrogens is 2. The Morgan fingerprint density at radius 2 is 2.36 bits per heavy atom. The Kier molecular flexibility index (Phi) is 5.12. The fourth-order valence-electron chi connectivity index (χ4n) is 2.97. The van der Waals surface area contributed by atoms with Crippen LogP contribution in [-0.4, -0.2) is 47.2 Å². The van der Waals surface area contributed by atoms with Crippen molar-refractivity contribution in [2.45, 2.75) is 20.0 Å². The van der Waals surface area contributed by atoms with Crippen LogP contribution < -0.4 is 5.32 Å². The normalized spacial score (nSPS) is 17.9. The predicted octanol–water partition coefficient (Wildman–Crippen LogP) is 1.91. The van der Waals surface area contributed by atoms with Crippen LogP contribution in [0, 0.1) is 25.2 Å². The molecule has 2 N–H and O–H groups in total. The largest absolute Gasteiger partial charge is 0.371 e. The van der Waals surface area contributed by atoms with Gasteiger partial charge in [0.15, 0.2) is 0 Å². The first-order valence-corrected chi connectivity index (χ1v) is 8.22. The number of anilines is 1. The van der Waals surface area contributed by atoms with Crippen molar-refractivity contribution in [1.29, 1.82) is 5.26 Å². The zero-order valence-corrected chi connectivity index (χ0v) is 14.4. The molecule has 0 bridgehead atoms. The molecule has 1 aliphatic heterocycles. The molecule has 130 valence electrons. The van der Waals surface area contributed by atoms with Gasteiger partial charge in [-0.3, -0.25) is 14.8 Å². The van der Waals surface area contributed by atoms with Crippen LogP contribution in [0.5, 0.6) is 0 Å². The van der Waals surface area contributed by atoms with Gasteiger partial charge < -0.3 is 10.1 Å². The van der Waals surface area contributed by atoms with Gasteiger partial charge in [-0.1, -0.05) is 12.1 Å². The first kappa shape index (κ1) is 17.1. The highest BCUT2D eigenvalue weighted by atomic mass is 16.5. The van der Waals surface area contributed by atoms with E-state index in [0.717, 1.165) is 22.6 Å². The average molecular weight is 339 g/mol. The summed E-state index contributed by atoms with van der Waals surface area (Å²) in [6, 6.07) is 9.56. The Bertz CT molecular complexity index is 789. The molecule has 0 saturated carbocycles. The number of nitrogens with one attached hydrogen (secondary N) is 2. The molecule has 1 amide bonds. The maximum atomic E-state index is 12.3. The minimum atomic E-state index is -0.132. The summed E-state index contributed by atoms with van der Waals surface area (Å²) in [7, 11) is 0. The van der Waals surface area contributed by atoms with E-state index in [2.05, 4.69) is 26.5 Å². The molecule has 0 radical (unpaired) electrons. The van der Waals surface area contributed by atoms with E-state index >= 15 is 0 Å². The number of ether oxygens (including phenoxy) is 1. The fraction of sp³-hybridized carbons (Fsp3) is 0.389. The molecular formula is C18H21N5O2. The molecule has 1 aromatic carbocycles. The number of morpholine rings is 1. The van der Waals surface area contributed by atoms with Crippen molar-refractivity contribution in [3.05, 3.63) is 46.8 Å². The van der Waals surface area contributed by atoms with Gasteiger partial charge in [0.05, 0.1) is 48.0 Å². The summed E-state index contributed by atoms with van der Waals surface area (Å²) >= 11 is 0. The Morgan fingerprint density at radius 1 is 1.52 bits per heavy atom. The number of carbonyl (C=O) groups is 1. The van der Waals surface area contributed by atoms with Crippen molar-refractivity contribution < 1.29 is 9.53 Å². The highest BCUT2D eigenvalue weighted by Gasteiger charge is 2.24. The summed E-state index contributed by atoms with van der Waals surface area (Å²) in [4.78, 5) is 14.4. The van der Waals surface area contributed by atoms with Crippen molar-refractivity contribution in [3.8, 4) is 6.07 Å². The van der Waals surface area contributed by atoms with Gasteiger partial charge in [0.25, 0.3) is 0 Å². The number of benzene rings is 1. The van der Waals surface area contributed by atoms with Gasteiger partial charge in [-0.15, -0.1) is 0 Å². The van der Waals surface area contributed by atoms with Gasteiger partial charge in [-0.05, 0) is 31.5 Å². The zero-order chi connectivity index (χ0) is 17.8. The molecule has 1 aliphatic rings. The van der Waals surface area contributed by atoms with Crippen molar-refractivity contribution in [1.82, 2.24) is 15.1 Å². The second-order valence-corrected chi connectivity index (χ2v) is 6.19. The highest BCUT2D eigenvalue weighted by molar-refractivity contribution is 5.93. The van der Waals surface area contributed by atoms with Crippen molar-refractivity contribution in [2.24, 2.45) is 0 Å². The van der Waals surface area contributed by atoms with Crippen LogP contribution in [0.4, 0.5) is 5.69 Å². The number of H-pyrrole nitrogens is 1. The Morgan fingerprint density at radius 3 is 3.08 bits per heavy atom. The highest BCUT2D eigenvalue weighted by Crippen LogP contribution is 2.23. The van der Waals surface area contributed by atoms with Crippen LogP contribution >= 0.6 is 0 Å². The summed E-state index contributed by atoms with van der Waals surface area (Å²) in [5.74, 6) is -0.0703. The smallest absolute Gasteiger partial charge is 0.238 e. The van der Waals surface area contributed by atoms with Crippen LogP contribution in [0.1, 0.15) is 28.6 Å². The Labute approximate surface area is 146 Å². The van der Waals surface area contributed by atoms with Gasteiger partial charge in [0.1, 0.15) is 0 Å². The summed E-state index contributed by atoms with van der Waals surface area (Å²) in [6.45, 7) is 5.89. The van der Waals surface area contributed by atoms with Crippen LogP contribution in [0.25, 0.3) is 0 Å². The summed E-state index contributed by atoms with van der Waals surface area (Å²) in [5.41, 5.74) is 3.95. The van der Waals surface area contributed by atoms with E-state index in [0.29, 0.717) is 31.8 Å². The molecule has 25 heavy (non-hydrogen) atoms. The van der Waals surface area contributed by atoms with Gasteiger partial charge >= 0.3 is 0 Å². The number of amides is 1.